The van der Waals surface area contributed by atoms with Crippen LogP contribution in [0.5, 0.6) is 0 Å². The van der Waals surface area contributed by atoms with Crippen LogP contribution in [0.4, 0.5) is 0 Å². The van der Waals surface area contributed by atoms with Gasteiger partial charge in [-0.1, -0.05) is 34.6 Å². The van der Waals surface area contributed by atoms with Crippen molar-refractivity contribution in [3.63, 3.8) is 0 Å². The summed E-state index contributed by atoms with van der Waals surface area (Å²) in [5, 5.41) is 0. The van der Waals surface area contributed by atoms with Gasteiger partial charge in [0.1, 0.15) is 0 Å². The first kappa shape index (κ1) is 11.7. The van der Waals surface area contributed by atoms with Gasteiger partial charge < -0.3 is 5.73 Å². The van der Waals surface area contributed by atoms with Crippen LogP contribution in [0.1, 0.15) is 50.4 Å². The molecule has 14 heavy (non-hydrogen) atoms. The molecule has 0 aliphatic rings. The molecule has 1 rings (SSSR count). The van der Waals surface area contributed by atoms with E-state index >= 15 is 0 Å². The number of rotatable bonds is 2. The first-order valence-electron chi connectivity index (χ1n) is 5.18. The van der Waals surface area contributed by atoms with E-state index < -0.39 is 0 Å². The lowest BCUT2D eigenvalue weighted by Gasteiger charge is -2.16. The van der Waals surface area contributed by atoms with Gasteiger partial charge in [0.25, 0.3) is 0 Å². The van der Waals surface area contributed by atoms with Crippen LogP contribution in [0.25, 0.3) is 0 Å². The highest BCUT2D eigenvalue weighted by Crippen LogP contribution is 2.33. The largest absolute Gasteiger partial charge is 0.323 e. The van der Waals surface area contributed by atoms with Gasteiger partial charge in [0, 0.05) is 15.8 Å². The number of thiophene rings is 1. The summed E-state index contributed by atoms with van der Waals surface area (Å²) in [5.74, 6) is 0.515. The molecule has 1 aromatic rings. The zero-order chi connectivity index (χ0) is 10.9. The maximum Gasteiger partial charge on any atom is 0.0413 e. The molecule has 1 heterocycles. The summed E-state index contributed by atoms with van der Waals surface area (Å²) in [6.45, 7) is 11.1. The van der Waals surface area contributed by atoms with Crippen LogP contribution < -0.4 is 5.73 Å². The van der Waals surface area contributed by atoms with Crippen LogP contribution in [-0.2, 0) is 5.41 Å². The topological polar surface area (TPSA) is 26.0 Å². The molecule has 0 unspecified atom stereocenters. The Morgan fingerprint density at radius 3 is 2.14 bits per heavy atom. The molecule has 0 aromatic carbocycles. The molecule has 0 aliphatic carbocycles. The van der Waals surface area contributed by atoms with Gasteiger partial charge in [0.05, 0.1) is 0 Å². The Bertz CT molecular complexity index is 294. The molecule has 2 heteroatoms. The Hall–Kier alpha value is -0.340. The van der Waals surface area contributed by atoms with E-state index in [0.717, 1.165) is 0 Å². The molecular formula is C12H21NS. The Labute approximate surface area is 91.3 Å². The molecule has 2 N–H and O–H groups in total. The average molecular weight is 211 g/mol. The van der Waals surface area contributed by atoms with E-state index in [9.17, 15) is 0 Å². The van der Waals surface area contributed by atoms with E-state index in [0.29, 0.717) is 5.92 Å². The SMILES string of the molecule is CC(C)[C@H](N)c1ccc(C(C)(C)C)s1. The van der Waals surface area contributed by atoms with E-state index in [1.54, 1.807) is 0 Å². The summed E-state index contributed by atoms with van der Waals surface area (Å²) < 4.78 is 0. The fraction of sp³-hybridized carbons (Fsp3) is 0.667. The second-order valence-corrected chi connectivity index (χ2v) is 6.34. The van der Waals surface area contributed by atoms with Crippen LogP contribution in [0, 0.1) is 5.92 Å². The molecule has 0 saturated carbocycles. The van der Waals surface area contributed by atoms with Crippen LogP contribution in [0.3, 0.4) is 0 Å². The van der Waals surface area contributed by atoms with Crippen molar-refractivity contribution in [1.82, 2.24) is 0 Å². The van der Waals surface area contributed by atoms with Gasteiger partial charge in [-0.25, -0.2) is 0 Å². The molecule has 0 spiro atoms. The van der Waals surface area contributed by atoms with Gasteiger partial charge in [-0.05, 0) is 23.5 Å². The van der Waals surface area contributed by atoms with Gasteiger partial charge in [0.15, 0.2) is 0 Å². The van der Waals surface area contributed by atoms with E-state index in [-0.39, 0.29) is 11.5 Å². The van der Waals surface area contributed by atoms with E-state index in [1.165, 1.54) is 9.75 Å². The van der Waals surface area contributed by atoms with E-state index in [4.69, 9.17) is 5.73 Å². The lowest BCUT2D eigenvalue weighted by molar-refractivity contribution is 0.521. The number of nitrogens with two attached hydrogens (primary N) is 1. The summed E-state index contributed by atoms with van der Waals surface area (Å²) >= 11 is 1.85. The second-order valence-electron chi connectivity index (χ2n) is 5.22. The van der Waals surface area contributed by atoms with Gasteiger partial charge >= 0.3 is 0 Å². The molecule has 0 amide bonds. The third-order valence-electron chi connectivity index (χ3n) is 2.41. The fourth-order valence-electron chi connectivity index (χ4n) is 1.26. The lowest BCUT2D eigenvalue weighted by Crippen LogP contribution is -2.15. The number of hydrogen-bond acceptors (Lipinski definition) is 2. The van der Waals surface area contributed by atoms with Crippen LogP contribution in [0.15, 0.2) is 12.1 Å². The van der Waals surface area contributed by atoms with Crippen molar-refractivity contribution in [3.8, 4) is 0 Å². The normalized spacial score (nSPS) is 14.8. The van der Waals surface area contributed by atoms with E-state index in [2.05, 4.69) is 46.8 Å². The summed E-state index contributed by atoms with van der Waals surface area (Å²) in [4.78, 5) is 2.73. The van der Waals surface area contributed by atoms with Gasteiger partial charge in [-0.2, -0.15) is 0 Å². The second kappa shape index (κ2) is 4.03. The highest BCUT2D eigenvalue weighted by atomic mass is 32.1. The minimum Gasteiger partial charge on any atom is -0.323 e. The molecule has 0 saturated heterocycles. The Balaban J connectivity index is 2.89. The molecule has 1 aromatic heterocycles. The van der Waals surface area contributed by atoms with Gasteiger partial charge in [-0.3, -0.25) is 0 Å². The van der Waals surface area contributed by atoms with Crippen LogP contribution in [-0.4, -0.2) is 0 Å². The minimum absolute atomic E-state index is 0.191. The van der Waals surface area contributed by atoms with Crippen molar-refractivity contribution in [2.75, 3.05) is 0 Å². The van der Waals surface area contributed by atoms with Crippen LogP contribution in [0.2, 0.25) is 0 Å². The summed E-state index contributed by atoms with van der Waals surface area (Å²) in [7, 11) is 0. The third-order valence-corrected chi connectivity index (χ3v) is 4.03. The highest BCUT2D eigenvalue weighted by Gasteiger charge is 2.19. The quantitative estimate of drug-likeness (QED) is 0.793. The maximum atomic E-state index is 6.10. The molecule has 80 valence electrons. The van der Waals surface area contributed by atoms with Gasteiger partial charge in [-0.15, -0.1) is 11.3 Å². The van der Waals surface area contributed by atoms with Crippen molar-refractivity contribution in [3.05, 3.63) is 21.9 Å². The van der Waals surface area contributed by atoms with Crippen molar-refractivity contribution in [2.24, 2.45) is 11.7 Å². The third kappa shape index (κ3) is 2.58. The fourth-order valence-corrected chi connectivity index (χ4v) is 2.50. The Morgan fingerprint density at radius 2 is 1.79 bits per heavy atom. The van der Waals surface area contributed by atoms with Crippen molar-refractivity contribution in [2.45, 2.75) is 46.1 Å². The average Bonchev–Trinajstić information content (AvgIpc) is 2.49. The Morgan fingerprint density at radius 1 is 1.21 bits per heavy atom. The summed E-state index contributed by atoms with van der Waals surface area (Å²) in [6.07, 6.45) is 0. The standard InChI is InChI=1S/C12H21NS/c1-8(2)11(13)9-6-7-10(14-9)12(3,4)5/h6-8,11H,13H2,1-5H3/t11-/m0/s1. The highest BCUT2D eigenvalue weighted by molar-refractivity contribution is 7.12. The molecule has 0 radical (unpaired) electrons. The molecule has 1 atom stereocenters. The molecule has 1 nitrogen and oxygen atoms in total. The maximum absolute atomic E-state index is 6.10. The summed E-state index contributed by atoms with van der Waals surface area (Å²) in [6, 6.07) is 4.58. The molecule has 0 fully saturated rings. The van der Waals surface area contributed by atoms with Gasteiger partial charge in [0.2, 0.25) is 0 Å². The minimum atomic E-state index is 0.191. The smallest absolute Gasteiger partial charge is 0.0413 e. The number of hydrogen-bond donors (Lipinski definition) is 1. The van der Waals surface area contributed by atoms with Crippen molar-refractivity contribution >= 4 is 11.3 Å². The zero-order valence-electron chi connectivity index (χ0n) is 9.79. The first-order valence-corrected chi connectivity index (χ1v) is 6.00. The van der Waals surface area contributed by atoms with E-state index in [1.807, 2.05) is 11.3 Å². The molecular weight excluding hydrogens is 190 g/mol. The molecule has 0 bridgehead atoms. The predicted molar refractivity (Wildman–Crippen MR) is 64.8 cm³/mol. The van der Waals surface area contributed by atoms with Crippen molar-refractivity contribution in [1.29, 1.82) is 0 Å². The molecule has 0 aliphatic heterocycles. The van der Waals surface area contributed by atoms with Crippen molar-refractivity contribution < 1.29 is 0 Å². The monoisotopic (exact) mass is 211 g/mol. The van der Waals surface area contributed by atoms with Crippen LogP contribution >= 0.6 is 11.3 Å². The first-order chi connectivity index (χ1) is 6.32. The predicted octanol–water partition coefficient (Wildman–Crippen LogP) is 3.70. The lowest BCUT2D eigenvalue weighted by atomic mass is 9.95. The Kier molecular flexibility index (Phi) is 3.38. The zero-order valence-corrected chi connectivity index (χ0v) is 10.6. The summed E-state index contributed by atoms with van der Waals surface area (Å²) in [5.41, 5.74) is 6.35.